The number of amides is 1. The molecule has 8 N–H and O–H groups in total. The number of esters is 1. The van der Waals surface area contributed by atoms with E-state index >= 15 is 0 Å². The quantitative estimate of drug-likeness (QED) is 0.147. The van der Waals surface area contributed by atoms with Gasteiger partial charge in [-0.15, -0.1) is 0 Å². The standard InChI is InChI=1S/C32H44F3N5O6/c1-30(2,3)46-29(44)38-15-25(42)45-20-10-16-8-19(9-17(16)11-20)40-22-12-18(6-7-21(22)28(37)43)39-23-13-31(4,5)14-24(41)26(23)27(36)32(33,34)35/h6-7,12,16-17,19-20,28,40,43H,8-11,13-15,36-37H2,1-5H3,(H,38,44)/p+1/t16-,17?,19?,20?,28?/m1/s1. The topological polar surface area (TPSA) is 180 Å². The van der Waals surface area contributed by atoms with Crippen LogP contribution in [0.25, 0.3) is 0 Å². The smallest absolute Gasteiger partial charge is 0.431 e. The summed E-state index contributed by atoms with van der Waals surface area (Å²) in [6.45, 7) is 8.49. The van der Waals surface area contributed by atoms with Gasteiger partial charge in [0.25, 0.3) is 0 Å². The molecule has 0 saturated heterocycles. The second-order valence-corrected chi connectivity index (χ2v) is 14.3. The Morgan fingerprint density at radius 1 is 1.11 bits per heavy atom. The lowest BCUT2D eigenvalue weighted by molar-refractivity contribution is -0.355. The first kappa shape index (κ1) is 35.2. The van der Waals surface area contributed by atoms with Crippen molar-refractivity contribution in [1.82, 2.24) is 5.32 Å². The summed E-state index contributed by atoms with van der Waals surface area (Å²) in [5, 5.41) is 16.1. The van der Waals surface area contributed by atoms with Gasteiger partial charge in [0, 0.05) is 42.3 Å². The van der Waals surface area contributed by atoms with Gasteiger partial charge in [0.15, 0.2) is 11.5 Å². The van der Waals surface area contributed by atoms with Crippen LogP contribution in [0.1, 0.15) is 84.9 Å². The number of allylic oxidation sites excluding steroid dienone is 2. The fourth-order valence-corrected chi connectivity index (χ4v) is 6.75. The number of hydrogen-bond donors (Lipinski definition) is 6. The molecule has 0 aliphatic heterocycles. The van der Waals surface area contributed by atoms with E-state index in [0.717, 1.165) is 12.8 Å². The van der Waals surface area contributed by atoms with Crippen molar-refractivity contribution in [3.63, 3.8) is 0 Å². The summed E-state index contributed by atoms with van der Waals surface area (Å²) in [5.41, 5.74) is 9.44. The molecule has 1 aromatic rings. The molecule has 46 heavy (non-hydrogen) atoms. The number of anilines is 1. The number of fused-ring (bicyclic) bond motifs is 1. The fraction of sp³-hybridized carbons (Fsp3) is 0.625. The molecule has 0 radical (unpaired) electrons. The highest BCUT2D eigenvalue weighted by atomic mass is 19.4. The molecule has 4 unspecified atom stereocenters. The lowest BCUT2D eigenvalue weighted by Gasteiger charge is -2.29. The number of benzene rings is 1. The second-order valence-electron chi connectivity index (χ2n) is 14.3. The lowest BCUT2D eigenvalue weighted by Crippen LogP contribution is -2.69. The lowest BCUT2D eigenvalue weighted by atomic mass is 9.73. The number of halogens is 3. The van der Waals surface area contributed by atoms with E-state index in [4.69, 9.17) is 20.9 Å². The maximum absolute atomic E-state index is 13.6. The Kier molecular flexibility index (Phi) is 10.1. The van der Waals surface area contributed by atoms with Gasteiger partial charge in [0.05, 0.1) is 0 Å². The molecule has 1 aromatic carbocycles. The van der Waals surface area contributed by atoms with E-state index in [-0.39, 0.29) is 49.1 Å². The summed E-state index contributed by atoms with van der Waals surface area (Å²) >= 11 is 0. The molecule has 11 nitrogen and oxygen atoms in total. The van der Waals surface area contributed by atoms with Gasteiger partial charge >= 0.3 is 18.2 Å². The number of nitrogens with one attached hydrogen (secondary N) is 3. The van der Waals surface area contributed by atoms with Gasteiger partial charge in [-0.2, -0.15) is 13.2 Å². The van der Waals surface area contributed by atoms with Crippen LogP contribution >= 0.6 is 0 Å². The number of carbonyl (C=O) groups excluding carboxylic acids is 3. The Morgan fingerprint density at radius 2 is 1.74 bits per heavy atom. The van der Waals surface area contributed by atoms with E-state index in [9.17, 15) is 32.7 Å². The Morgan fingerprint density at radius 3 is 2.30 bits per heavy atom. The predicted octanol–water partition coefficient (Wildman–Crippen LogP) is 2.99. The summed E-state index contributed by atoms with van der Waals surface area (Å²) in [5.74, 6) is -0.648. The van der Waals surface area contributed by atoms with E-state index in [2.05, 4.69) is 15.6 Å². The second kappa shape index (κ2) is 13.2. The molecule has 0 spiro atoms. The van der Waals surface area contributed by atoms with Crippen LogP contribution in [-0.4, -0.2) is 59.1 Å². The van der Waals surface area contributed by atoms with E-state index < -0.39 is 52.5 Å². The summed E-state index contributed by atoms with van der Waals surface area (Å²) < 4.78 is 51.4. The molecule has 0 heterocycles. The first-order chi connectivity index (χ1) is 21.2. The highest BCUT2D eigenvalue weighted by Crippen LogP contribution is 2.46. The van der Waals surface area contributed by atoms with Crippen LogP contribution in [0.15, 0.2) is 29.5 Å². The number of ketones is 1. The minimum Gasteiger partial charge on any atom is -0.461 e. The largest absolute Gasteiger partial charge is 0.461 e. The molecule has 0 bridgehead atoms. The zero-order valence-electron chi connectivity index (χ0n) is 26.8. The van der Waals surface area contributed by atoms with Gasteiger partial charge < -0.3 is 36.7 Å². The maximum atomic E-state index is 13.6. The van der Waals surface area contributed by atoms with Crippen molar-refractivity contribution in [3.8, 4) is 0 Å². The number of ether oxygens (including phenoxy) is 2. The minimum absolute atomic E-state index is 0.00686. The van der Waals surface area contributed by atoms with E-state index in [1.165, 1.54) is 0 Å². The zero-order valence-corrected chi connectivity index (χ0v) is 26.8. The van der Waals surface area contributed by atoms with Crippen molar-refractivity contribution in [1.29, 1.82) is 0 Å². The molecule has 3 aliphatic rings. The monoisotopic (exact) mass is 652 g/mol. The van der Waals surface area contributed by atoms with Crippen molar-refractivity contribution < 1.29 is 47.1 Å². The Labute approximate surface area is 266 Å². The molecule has 5 atom stereocenters. The van der Waals surface area contributed by atoms with Crippen LogP contribution in [0.5, 0.6) is 0 Å². The predicted molar refractivity (Wildman–Crippen MR) is 163 cm³/mol. The van der Waals surface area contributed by atoms with Gasteiger partial charge in [0.2, 0.25) is 5.69 Å². The summed E-state index contributed by atoms with van der Waals surface area (Å²) in [7, 11) is 0. The molecular weight excluding hydrogens is 607 g/mol. The van der Waals surface area contributed by atoms with Crippen LogP contribution in [0.2, 0.25) is 0 Å². The zero-order chi connectivity index (χ0) is 34.2. The van der Waals surface area contributed by atoms with Crippen LogP contribution in [0.3, 0.4) is 0 Å². The first-order valence-electron chi connectivity index (χ1n) is 15.4. The average Bonchev–Trinajstić information content (AvgIpc) is 3.42. The number of hydrogen-bond acceptors (Lipinski definition) is 9. The molecule has 3 aliphatic carbocycles. The molecule has 4 rings (SSSR count). The van der Waals surface area contributed by atoms with Crippen molar-refractivity contribution in [2.24, 2.45) is 28.7 Å². The van der Waals surface area contributed by atoms with Crippen LogP contribution in [0.4, 0.5) is 29.3 Å². The van der Waals surface area contributed by atoms with E-state index in [1.54, 1.807) is 52.8 Å². The number of aliphatic hydroxyl groups is 1. The van der Waals surface area contributed by atoms with Gasteiger partial charge in [-0.25, -0.2) is 9.79 Å². The molecule has 0 aromatic heterocycles. The number of alkyl halides is 3. The first-order valence-corrected chi connectivity index (χ1v) is 15.4. The summed E-state index contributed by atoms with van der Waals surface area (Å²) in [4.78, 5) is 39.9. The molecule has 1 amide bonds. The van der Waals surface area contributed by atoms with Gasteiger partial charge in [-0.1, -0.05) is 13.8 Å². The molecule has 3 saturated carbocycles. The summed E-state index contributed by atoms with van der Waals surface area (Å²) in [6, 6.07) is 4.82. The fourth-order valence-electron chi connectivity index (χ4n) is 6.75. The minimum atomic E-state index is -4.87. The van der Waals surface area contributed by atoms with E-state index in [1.807, 2.05) is 0 Å². The normalized spacial score (nSPS) is 27.2. The van der Waals surface area contributed by atoms with Crippen molar-refractivity contribution in [3.05, 3.63) is 35.0 Å². The third kappa shape index (κ3) is 8.99. The van der Waals surface area contributed by atoms with Crippen LogP contribution in [0, 0.1) is 17.3 Å². The average molecular weight is 653 g/mol. The number of Topliss-reactive ketones (excluding diaryl/α,β-unsaturated/α-hetero) is 1. The van der Waals surface area contributed by atoms with Crippen molar-refractivity contribution in [2.45, 2.75) is 103 Å². The SMILES string of the molecule is CC1(C)CC(=O)C(=C(N)C(F)(F)F)C(=[NH+]c2ccc(C(N)O)c(NC3CC4CC(OC(=O)CNC(=O)OC(C)(C)C)C[C@H]4C3)c2)C1. The Hall–Kier alpha value is -3.65. The number of nitrogens with two attached hydrogens (primary N) is 2. The number of alkyl carbamates (subject to hydrolysis) is 1. The third-order valence-electron chi connectivity index (χ3n) is 8.52. The third-order valence-corrected chi connectivity index (χ3v) is 8.52. The maximum Gasteiger partial charge on any atom is 0.431 e. The van der Waals surface area contributed by atoms with Crippen molar-refractivity contribution >= 4 is 34.9 Å². The van der Waals surface area contributed by atoms with Crippen LogP contribution in [-0.2, 0) is 19.1 Å². The van der Waals surface area contributed by atoms with Gasteiger partial charge in [-0.05, 0) is 69.8 Å². The molecule has 14 heteroatoms. The Balaban J connectivity index is 1.43. The number of carbonyl (C=O) groups is 3. The molecular formula is C32H45F3N5O6+. The van der Waals surface area contributed by atoms with Gasteiger partial charge in [0.1, 0.15) is 35.7 Å². The molecule has 254 valence electrons. The van der Waals surface area contributed by atoms with Crippen LogP contribution < -0.4 is 27.1 Å². The summed E-state index contributed by atoms with van der Waals surface area (Å²) in [6.07, 6.45) is -4.15. The number of aliphatic hydroxyl groups excluding tert-OH is 1. The highest BCUT2D eigenvalue weighted by molar-refractivity contribution is 6.23. The Bertz CT molecular complexity index is 1400. The van der Waals surface area contributed by atoms with Crippen molar-refractivity contribution in [2.75, 3.05) is 11.9 Å². The number of rotatable bonds is 7. The van der Waals surface area contributed by atoms with Gasteiger partial charge in [-0.3, -0.25) is 9.59 Å². The highest BCUT2D eigenvalue weighted by Gasteiger charge is 2.46. The molecule has 3 fully saturated rings. The van der Waals surface area contributed by atoms with E-state index in [0.29, 0.717) is 29.8 Å².